The van der Waals surface area contributed by atoms with Crippen LogP contribution in [0.25, 0.3) is 0 Å². The molecule has 0 aliphatic heterocycles. The lowest BCUT2D eigenvalue weighted by Crippen LogP contribution is -2.48. The fourth-order valence-electron chi connectivity index (χ4n) is 6.74. The molecule has 4 nitrogen and oxygen atoms in total. The number of esters is 2. The number of hydrogen-bond acceptors (Lipinski definition) is 4. The van der Waals surface area contributed by atoms with Crippen molar-refractivity contribution in [1.29, 1.82) is 0 Å². The summed E-state index contributed by atoms with van der Waals surface area (Å²) in [5, 5.41) is 0. The Morgan fingerprint density at radius 1 is 1.17 bits per heavy atom. The minimum atomic E-state index is -0.575. The zero-order valence-corrected chi connectivity index (χ0v) is 13.8. The first kappa shape index (κ1) is 15.2. The molecule has 0 aromatic carbocycles. The summed E-state index contributed by atoms with van der Waals surface area (Å²) in [7, 11) is 0. The summed E-state index contributed by atoms with van der Waals surface area (Å²) >= 11 is 0. The molecule has 4 saturated carbocycles. The van der Waals surface area contributed by atoms with Gasteiger partial charge in [-0.1, -0.05) is 13.5 Å². The van der Waals surface area contributed by atoms with Crippen LogP contribution in [0.15, 0.2) is 12.7 Å². The number of carbonyl (C=O) groups is 2. The van der Waals surface area contributed by atoms with Gasteiger partial charge in [-0.25, -0.2) is 9.59 Å². The monoisotopic (exact) mass is 318 g/mol. The van der Waals surface area contributed by atoms with Crippen molar-refractivity contribution >= 4 is 11.9 Å². The third kappa shape index (κ3) is 2.17. The van der Waals surface area contributed by atoms with Crippen LogP contribution in [0.1, 0.15) is 45.4 Å². The van der Waals surface area contributed by atoms with Gasteiger partial charge in [-0.3, -0.25) is 0 Å². The van der Waals surface area contributed by atoms with Crippen molar-refractivity contribution in [2.75, 3.05) is 6.61 Å². The average molecular weight is 318 g/mol. The first-order valence-electron chi connectivity index (χ1n) is 9.09. The average Bonchev–Trinajstić information content (AvgIpc) is 3.30. The number of ether oxygens (including phenoxy) is 2. The third-order valence-electron chi connectivity index (χ3n) is 7.31. The molecular formula is C19H26O4. The zero-order valence-electron chi connectivity index (χ0n) is 13.8. The van der Waals surface area contributed by atoms with Crippen molar-refractivity contribution in [3.63, 3.8) is 0 Å². The molecule has 0 spiro atoms. The van der Waals surface area contributed by atoms with Gasteiger partial charge in [0.2, 0.25) is 0 Å². The van der Waals surface area contributed by atoms with E-state index >= 15 is 0 Å². The first-order valence-corrected chi connectivity index (χ1v) is 9.09. The lowest BCUT2D eigenvalue weighted by Gasteiger charge is -2.45. The number of hydrogen-bond donors (Lipinski definition) is 0. The molecule has 4 aliphatic rings. The van der Waals surface area contributed by atoms with Gasteiger partial charge in [0.25, 0.3) is 0 Å². The van der Waals surface area contributed by atoms with Crippen LogP contribution in [0.5, 0.6) is 0 Å². The lowest BCUT2D eigenvalue weighted by atomic mass is 9.65. The summed E-state index contributed by atoms with van der Waals surface area (Å²) < 4.78 is 10.8. The SMILES string of the molecule is C=CC(=O)OCC(=O)OC1(CC)CC2C[C@H]1C1C2C2CC[C@@H]1C2. The molecule has 0 saturated heterocycles. The maximum absolute atomic E-state index is 12.2. The molecule has 4 rings (SSSR count). The van der Waals surface area contributed by atoms with Gasteiger partial charge >= 0.3 is 11.9 Å². The Labute approximate surface area is 137 Å². The maximum atomic E-state index is 12.2. The molecule has 0 amide bonds. The molecule has 23 heavy (non-hydrogen) atoms. The molecule has 0 heterocycles. The van der Waals surface area contributed by atoms with Crippen LogP contribution in [0.3, 0.4) is 0 Å². The van der Waals surface area contributed by atoms with Crippen molar-refractivity contribution in [3.8, 4) is 0 Å². The van der Waals surface area contributed by atoms with Crippen molar-refractivity contribution in [2.45, 2.75) is 51.0 Å². The Balaban J connectivity index is 1.46. The fourth-order valence-corrected chi connectivity index (χ4v) is 6.74. The maximum Gasteiger partial charge on any atom is 0.344 e. The highest BCUT2D eigenvalue weighted by molar-refractivity contribution is 5.83. The molecule has 0 aromatic heterocycles. The van der Waals surface area contributed by atoms with Gasteiger partial charge in [0, 0.05) is 12.0 Å². The van der Waals surface area contributed by atoms with Crippen LogP contribution in [-0.4, -0.2) is 24.1 Å². The minimum Gasteiger partial charge on any atom is -0.456 e. The number of rotatable bonds is 5. The minimum absolute atomic E-state index is 0.301. The predicted molar refractivity (Wildman–Crippen MR) is 84.3 cm³/mol. The summed E-state index contributed by atoms with van der Waals surface area (Å²) in [6.45, 7) is 5.16. The van der Waals surface area contributed by atoms with E-state index in [2.05, 4.69) is 13.5 Å². The molecule has 0 N–H and O–H groups in total. The van der Waals surface area contributed by atoms with Crippen LogP contribution in [-0.2, 0) is 19.1 Å². The van der Waals surface area contributed by atoms with E-state index in [4.69, 9.17) is 9.47 Å². The van der Waals surface area contributed by atoms with E-state index in [1.54, 1.807) is 0 Å². The summed E-state index contributed by atoms with van der Waals surface area (Å²) in [5.41, 5.74) is -0.312. The Hall–Kier alpha value is -1.32. The highest BCUT2D eigenvalue weighted by Gasteiger charge is 2.67. The molecule has 0 radical (unpaired) electrons. The Kier molecular flexibility index (Phi) is 3.54. The quantitative estimate of drug-likeness (QED) is 0.444. The molecule has 126 valence electrons. The summed E-state index contributed by atoms with van der Waals surface area (Å²) in [6.07, 6.45) is 8.39. The molecule has 4 aliphatic carbocycles. The highest BCUT2D eigenvalue weighted by Crippen LogP contribution is 2.70. The van der Waals surface area contributed by atoms with Gasteiger partial charge in [0.05, 0.1) is 0 Å². The van der Waals surface area contributed by atoms with E-state index in [9.17, 15) is 9.59 Å². The van der Waals surface area contributed by atoms with E-state index in [-0.39, 0.29) is 12.2 Å². The second-order valence-corrected chi connectivity index (χ2v) is 8.00. The summed E-state index contributed by atoms with van der Waals surface area (Å²) in [6, 6.07) is 0. The molecule has 5 unspecified atom stereocenters. The molecule has 4 heteroatoms. The Bertz CT molecular complexity index is 541. The van der Waals surface area contributed by atoms with Gasteiger partial charge in [-0.15, -0.1) is 0 Å². The number of carbonyl (C=O) groups excluding carboxylic acids is 2. The van der Waals surface area contributed by atoms with Gasteiger partial charge in [0.15, 0.2) is 6.61 Å². The zero-order chi connectivity index (χ0) is 16.2. The molecular weight excluding hydrogens is 292 g/mol. The van der Waals surface area contributed by atoms with Crippen LogP contribution < -0.4 is 0 Å². The van der Waals surface area contributed by atoms with Crippen LogP contribution >= 0.6 is 0 Å². The van der Waals surface area contributed by atoms with E-state index in [1.807, 2.05) is 0 Å². The first-order chi connectivity index (χ1) is 11.1. The summed E-state index contributed by atoms with van der Waals surface area (Å²) in [4.78, 5) is 23.3. The van der Waals surface area contributed by atoms with Gasteiger partial charge in [-0.05, 0) is 68.1 Å². The van der Waals surface area contributed by atoms with E-state index in [1.165, 1.54) is 25.7 Å². The third-order valence-corrected chi connectivity index (χ3v) is 7.31. The Morgan fingerprint density at radius 3 is 2.61 bits per heavy atom. The summed E-state index contributed by atoms with van der Waals surface area (Å²) in [5.74, 6) is 3.76. The van der Waals surface area contributed by atoms with Gasteiger partial charge in [0.1, 0.15) is 5.60 Å². The van der Waals surface area contributed by atoms with Crippen molar-refractivity contribution in [1.82, 2.24) is 0 Å². The van der Waals surface area contributed by atoms with E-state index in [0.29, 0.717) is 5.92 Å². The topological polar surface area (TPSA) is 52.6 Å². The van der Waals surface area contributed by atoms with Gasteiger partial charge in [-0.2, -0.15) is 0 Å². The highest BCUT2D eigenvalue weighted by atomic mass is 16.6. The van der Waals surface area contributed by atoms with Crippen molar-refractivity contribution in [3.05, 3.63) is 12.7 Å². The van der Waals surface area contributed by atoms with Crippen molar-refractivity contribution in [2.24, 2.45) is 35.5 Å². The van der Waals surface area contributed by atoms with Crippen LogP contribution in [0, 0.1) is 35.5 Å². The molecule has 7 atom stereocenters. The normalized spacial score (nSPS) is 45.8. The fraction of sp³-hybridized carbons (Fsp3) is 0.789. The lowest BCUT2D eigenvalue weighted by molar-refractivity contribution is -0.179. The second-order valence-electron chi connectivity index (χ2n) is 8.00. The molecule has 4 bridgehead atoms. The van der Waals surface area contributed by atoms with Gasteiger partial charge < -0.3 is 9.47 Å². The Morgan fingerprint density at radius 2 is 1.91 bits per heavy atom. The van der Waals surface area contributed by atoms with Crippen molar-refractivity contribution < 1.29 is 19.1 Å². The molecule has 0 aromatic rings. The predicted octanol–water partition coefficient (Wildman–Crippen LogP) is 3.11. The largest absolute Gasteiger partial charge is 0.456 e. The smallest absolute Gasteiger partial charge is 0.344 e. The van der Waals surface area contributed by atoms with Crippen LogP contribution in [0.2, 0.25) is 0 Å². The van der Waals surface area contributed by atoms with E-state index in [0.717, 1.165) is 48.5 Å². The second kappa shape index (κ2) is 5.35. The van der Waals surface area contributed by atoms with Crippen LogP contribution in [0.4, 0.5) is 0 Å². The number of fused-ring (bicyclic) bond motifs is 9. The van der Waals surface area contributed by atoms with E-state index < -0.39 is 11.9 Å². The molecule has 4 fully saturated rings. The standard InChI is InChI=1S/C19H26O4/c1-3-15(20)22-10-16(21)23-19(4-2)9-13-8-14(19)18-12-6-5-11(7-12)17(13)18/h3,11-14,17-18H,1,4-10H2,2H3/t11?,12-,13?,14+,17?,18?,19?/m1/s1.